The second-order valence-corrected chi connectivity index (χ2v) is 6.32. The van der Waals surface area contributed by atoms with Crippen molar-refractivity contribution in [2.45, 2.75) is 0 Å². The van der Waals surface area contributed by atoms with E-state index in [1.807, 2.05) is 5.38 Å². The zero-order valence-electron chi connectivity index (χ0n) is 13.6. The highest BCUT2D eigenvalue weighted by atomic mass is 32.1. The first-order chi connectivity index (χ1) is 12.5. The Morgan fingerprint density at radius 2 is 1.65 bits per heavy atom. The van der Waals surface area contributed by atoms with Gasteiger partial charge >= 0.3 is 0 Å². The second kappa shape index (κ2) is 7.62. The maximum absolute atomic E-state index is 12.5. The molecule has 2 aromatic carbocycles. The Morgan fingerprint density at radius 1 is 0.846 bits per heavy atom. The highest BCUT2D eigenvalue weighted by Gasteiger charge is 2.13. The summed E-state index contributed by atoms with van der Waals surface area (Å²) >= 11 is 1.33. The number of benzene rings is 2. The molecule has 130 valence electrons. The Morgan fingerprint density at radius 3 is 2.38 bits per heavy atom. The van der Waals surface area contributed by atoms with Crippen LogP contribution in [0, 0.1) is 0 Å². The number of anilines is 2. The molecule has 0 spiro atoms. The van der Waals surface area contributed by atoms with Crippen molar-refractivity contribution in [2.24, 2.45) is 5.73 Å². The minimum Gasteiger partial charge on any atom is -0.366 e. The van der Waals surface area contributed by atoms with E-state index >= 15 is 0 Å². The lowest BCUT2D eigenvalue weighted by molar-refractivity contribution is 0.0998. The van der Waals surface area contributed by atoms with Crippen LogP contribution in [0.25, 0.3) is 0 Å². The zero-order chi connectivity index (χ0) is 18.5. The number of para-hydroxylation sites is 1. The van der Waals surface area contributed by atoms with Crippen LogP contribution in [0.1, 0.15) is 30.4 Å². The number of nitrogens with one attached hydrogen (secondary N) is 2. The Labute approximate surface area is 153 Å². The fraction of sp³-hybridized carbons (Fsp3) is 0. The minimum atomic E-state index is -0.627. The maximum Gasteiger partial charge on any atom is 0.265 e. The fourth-order valence-electron chi connectivity index (χ4n) is 2.34. The summed E-state index contributed by atoms with van der Waals surface area (Å²) < 4.78 is 0. The van der Waals surface area contributed by atoms with Gasteiger partial charge in [-0.15, -0.1) is 11.3 Å². The SMILES string of the molecule is NC(=O)c1ccccc1NC(=O)c1cccc(NC(=O)c2cccs2)c1. The van der Waals surface area contributed by atoms with E-state index in [1.54, 1.807) is 54.6 Å². The monoisotopic (exact) mass is 365 g/mol. The average molecular weight is 365 g/mol. The zero-order valence-corrected chi connectivity index (χ0v) is 14.4. The molecule has 4 N–H and O–H groups in total. The first-order valence-electron chi connectivity index (χ1n) is 7.69. The van der Waals surface area contributed by atoms with Crippen molar-refractivity contribution in [3.63, 3.8) is 0 Å². The van der Waals surface area contributed by atoms with Gasteiger partial charge in [0.25, 0.3) is 17.7 Å². The van der Waals surface area contributed by atoms with E-state index in [9.17, 15) is 14.4 Å². The average Bonchev–Trinajstić information content (AvgIpc) is 3.17. The van der Waals surface area contributed by atoms with Crippen LogP contribution in [-0.4, -0.2) is 17.7 Å². The lowest BCUT2D eigenvalue weighted by atomic mass is 10.1. The van der Waals surface area contributed by atoms with Crippen LogP contribution in [0.4, 0.5) is 11.4 Å². The summed E-state index contributed by atoms with van der Waals surface area (Å²) in [7, 11) is 0. The van der Waals surface area contributed by atoms with Crippen LogP contribution in [0.2, 0.25) is 0 Å². The van der Waals surface area contributed by atoms with Crippen LogP contribution in [0.15, 0.2) is 66.0 Å². The minimum absolute atomic E-state index is 0.225. The normalized spacial score (nSPS) is 10.2. The van der Waals surface area contributed by atoms with Gasteiger partial charge < -0.3 is 16.4 Å². The Hall–Kier alpha value is -3.45. The molecule has 3 rings (SSSR count). The van der Waals surface area contributed by atoms with Crippen LogP contribution in [-0.2, 0) is 0 Å². The molecule has 0 saturated carbocycles. The maximum atomic E-state index is 12.5. The van der Waals surface area contributed by atoms with Crippen molar-refractivity contribution in [1.29, 1.82) is 0 Å². The number of thiophene rings is 1. The van der Waals surface area contributed by atoms with Gasteiger partial charge in [0.15, 0.2) is 0 Å². The first kappa shape index (κ1) is 17.4. The van der Waals surface area contributed by atoms with Gasteiger partial charge in [-0.1, -0.05) is 24.3 Å². The first-order valence-corrected chi connectivity index (χ1v) is 8.57. The summed E-state index contributed by atoms with van der Waals surface area (Å²) in [4.78, 5) is 36.6. The summed E-state index contributed by atoms with van der Waals surface area (Å²) in [6, 6.07) is 16.5. The molecular weight excluding hydrogens is 350 g/mol. The molecule has 1 heterocycles. The number of rotatable bonds is 5. The number of carbonyl (C=O) groups is 3. The van der Waals surface area contributed by atoms with Crippen LogP contribution >= 0.6 is 11.3 Å². The Kier molecular flexibility index (Phi) is 5.09. The van der Waals surface area contributed by atoms with Crippen molar-refractivity contribution in [3.05, 3.63) is 82.0 Å². The third-order valence-corrected chi connectivity index (χ3v) is 4.44. The molecule has 0 aliphatic carbocycles. The number of carbonyl (C=O) groups excluding carboxylic acids is 3. The van der Waals surface area contributed by atoms with Gasteiger partial charge in [-0.25, -0.2) is 0 Å². The van der Waals surface area contributed by atoms with Gasteiger partial charge in [-0.3, -0.25) is 14.4 Å². The predicted octanol–water partition coefficient (Wildman–Crippen LogP) is 3.35. The van der Waals surface area contributed by atoms with Gasteiger partial charge in [0.05, 0.1) is 16.1 Å². The molecule has 0 unspecified atom stereocenters. The number of nitrogens with two attached hydrogens (primary N) is 1. The molecule has 6 nitrogen and oxygen atoms in total. The van der Waals surface area contributed by atoms with Crippen molar-refractivity contribution in [1.82, 2.24) is 0 Å². The topological polar surface area (TPSA) is 101 Å². The molecular formula is C19H15N3O3S. The quantitative estimate of drug-likeness (QED) is 0.646. The predicted molar refractivity (Wildman–Crippen MR) is 102 cm³/mol. The van der Waals surface area contributed by atoms with Crippen LogP contribution in [0.3, 0.4) is 0 Å². The molecule has 0 aliphatic rings. The Bertz CT molecular complexity index is 968. The highest BCUT2D eigenvalue weighted by molar-refractivity contribution is 7.12. The smallest absolute Gasteiger partial charge is 0.265 e. The van der Waals surface area contributed by atoms with E-state index in [2.05, 4.69) is 10.6 Å². The number of hydrogen-bond donors (Lipinski definition) is 3. The molecule has 0 atom stereocenters. The summed E-state index contributed by atoms with van der Waals surface area (Å²) in [6.07, 6.45) is 0. The molecule has 0 aliphatic heterocycles. The molecule has 1 aromatic heterocycles. The van der Waals surface area contributed by atoms with Gasteiger partial charge in [-0.05, 0) is 41.8 Å². The standard InChI is InChI=1S/C19H15N3O3S/c20-17(23)14-7-1-2-8-15(14)22-18(24)12-5-3-6-13(11-12)21-19(25)16-9-4-10-26-16/h1-11H,(H2,20,23)(H,21,25)(H,22,24). The molecule has 3 amide bonds. The van der Waals surface area contributed by atoms with E-state index in [4.69, 9.17) is 5.73 Å². The van der Waals surface area contributed by atoms with Gasteiger partial charge in [-0.2, -0.15) is 0 Å². The molecule has 3 aromatic rings. The molecule has 7 heteroatoms. The van der Waals surface area contributed by atoms with Crippen molar-refractivity contribution in [3.8, 4) is 0 Å². The molecule has 26 heavy (non-hydrogen) atoms. The van der Waals surface area contributed by atoms with Crippen molar-refractivity contribution < 1.29 is 14.4 Å². The molecule has 0 saturated heterocycles. The van der Waals surface area contributed by atoms with Gasteiger partial charge in [0.1, 0.15) is 0 Å². The largest absolute Gasteiger partial charge is 0.366 e. The third-order valence-electron chi connectivity index (χ3n) is 3.57. The summed E-state index contributed by atoms with van der Waals surface area (Å²) in [6.45, 7) is 0. The number of hydrogen-bond acceptors (Lipinski definition) is 4. The molecule has 0 radical (unpaired) electrons. The van der Waals surface area contributed by atoms with E-state index < -0.39 is 11.8 Å². The lowest BCUT2D eigenvalue weighted by Gasteiger charge is -2.10. The molecule has 0 fully saturated rings. The summed E-state index contributed by atoms with van der Waals surface area (Å²) in [5.74, 6) is -1.28. The summed E-state index contributed by atoms with van der Waals surface area (Å²) in [5.41, 5.74) is 6.71. The highest BCUT2D eigenvalue weighted by Crippen LogP contribution is 2.18. The Balaban J connectivity index is 1.77. The van der Waals surface area contributed by atoms with Crippen molar-refractivity contribution >= 4 is 40.4 Å². The lowest BCUT2D eigenvalue weighted by Crippen LogP contribution is -2.18. The van der Waals surface area contributed by atoms with Gasteiger partial charge in [0.2, 0.25) is 0 Å². The summed E-state index contributed by atoms with van der Waals surface area (Å²) in [5, 5.41) is 7.23. The van der Waals surface area contributed by atoms with E-state index in [1.165, 1.54) is 17.4 Å². The van der Waals surface area contributed by atoms with E-state index in [-0.39, 0.29) is 11.5 Å². The fourth-order valence-corrected chi connectivity index (χ4v) is 2.96. The van der Waals surface area contributed by atoms with E-state index in [0.29, 0.717) is 21.8 Å². The van der Waals surface area contributed by atoms with Gasteiger partial charge in [0, 0.05) is 11.3 Å². The third kappa shape index (κ3) is 3.96. The van der Waals surface area contributed by atoms with Crippen LogP contribution < -0.4 is 16.4 Å². The van der Waals surface area contributed by atoms with Crippen LogP contribution in [0.5, 0.6) is 0 Å². The second-order valence-electron chi connectivity index (χ2n) is 5.38. The van der Waals surface area contributed by atoms with Crippen molar-refractivity contribution in [2.75, 3.05) is 10.6 Å². The number of amides is 3. The van der Waals surface area contributed by atoms with E-state index in [0.717, 1.165) is 0 Å². The molecule has 0 bridgehead atoms. The number of primary amides is 1.